The zero-order chi connectivity index (χ0) is 24.1. The summed E-state index contributed by atoms with van der Waals surface area (Å²) in [7, 11) is 0. The number of nitrogens with zero attached hydrogens (tertiary/aromatic N) is 4. The van der Waals surface area contributed by atoms with Crippen LogP contribution in [-0.2, 0) is 6.54 Å². The van der Waals surface area contributed by atoms with Gasteiger partial charge in [0.05, 0.1) is 34.5 Å². The zero-order valence-corrected chi connectivity index (χ0v) is 21.0. The molecule has 176 valence electrons. The van der Waals surface area contributed by atoms with Crippen molar-refractivity contribution < 1.29 is 0 Å². The van der Waals surface area contributed by atoms with Crippen LogP contribution in [-0.4, -0.2) is 21.1 Å². The van der Waals surface area contributed by atoms with Crippen molar-refractivity contribution in [2.45, 2.75) is 47.1 Å². The molecule has 1 aliphatic rings. The lowest BCUT2D eigenvalue weighted by Crippen LogP contribution is -2.26. The Bertz CT molecular complexity index is 1520. The molecule has 2 aromatic carbocycles. The van der Waals surface area contributed by atoms with E-state index in [9.17, 15) is 0 Å². The average molecular weight is 461 g/mol. The molecular weight excluding hydrogens is 428 g/mol. The fraction of sp³-hybridized carbons (Fsp3) is 0.290. The van der Waals surface area contributed by atoms with Gasteiger partial charge >= 0.3 is 0 Å². The fourth-order valence-electron chi connectivity index (χ4n) is 5.60. The summed E-state index contributed by atoms with van der Waals surface area (Å²) in [6.07, 6.45) is 4.53. The van der Waals surface area contributed by atoms with Gasteiger partial charge in [-0.1, -0.05) is 42.0 Å². The first-order valence-electron chi connectivity index (χ1n) is 12.6. The third-order valence-electron chi connectivity index (χ3n) is 7.19. The molecule has 0 aliphatic heterocycles. The maximum Gasteiger partial charge on any atom is 0.147 e. The van der Waals surface area contributed by atoms with Gasteiger partial charge in [-0.25, -0.2) is 4.98 Å². The minimum absolute atomic E-state index is 0.761. The van der Waals surface area contributed by atoms with Gasteiger partial charge in [0.15, 0.2) is 0 Å². The van der Waals surface area contributed by atoms with Gasteiger partial charge in [0.25, 0.3) is 0 Å². The molecule has 3 heterocycles. The molecule has 0 spiro atoms. The molecule has 5 aromatic rings. The molecule has 35 heavy (non-hydrogen) atoms. The lowest BCUT2D eigenvalue weighted by molar-refractivity contribution is 0.714. The number of hydrogen-bond donors (Lipinski definition) is 0. The Hall–Kier alpha value is -3.66. The SMILES string of the molecule is Cc1cc(C)c(-n2c3ccccc3c3c(N(Cc4ccccn4)CC4CC4)cc(C)nc32)c(C)c1. The highest BCUT2D eigenvalue weighted by Gasteiger charge is 2.28. The van der Waals surface area contributed by atoms with E-state index in [0.717, 1.165) is 36.0 Å². The monoisotopic (exact) mass is 460 g/mol. The minimum atomic E-state index is 0.761. The van der Waals surface area contributed by atoms with E-state index in [0.29, 0.717) is 0 Å². The molecule has 0 amide bonds. The quantitative estimate of drug-likeness (QED) is 0.268. The number of fused-ring (bicyclic) bond motifs is 3. The summed E-state index contributed by atoms with van der Waals surface area (Å²) in [5.41, 5.74) is 10.7. The molecule has 1 fully saturated rings. The Morgan fingerprint density at radius 2 is 1.66 bits per heavy atom. The molecule has 4 heteroatoms. The Morgan fingerprint density at radius 3 is 2.37 bits per heavy atom. The van der Waals surface area contributed by atoms with Crippen LogP contribution in [0, 0.1) is 33.6 Å². The molecule has 1 saturated carbocycles. The van der Waals surface area contributed by atoms with Gasteiger partial charge in [0.1, 0.15) is 5.65 Å². The average Bonchev–Trinajstić information content (AvgIpc) is 3.60. The van der Waals surface area contributed by atoms with Crippen molar-refractivity contribution in [3.63, 3.8) is 0 Å². The molecule has 0 unspecified atom stereocenters. The van der Waals surface area contributed by atoms with Crippen molar-refractivity contribution >= 4 is 27.6 Å². The van der Waals surface area contributed by atoms with E-state index in [2.05, 4.69) is 96.7 Å². The van der Waals surface area contributed by atoms with Crippen LogP contribution in [0.1, 0.15) is 40.9 Å². The van der Waals surface area contributed by atoms with Crippen molar-refractivity contribution in [1.82, 2.24) is 14.5 Å². The van der Waals surface area contributed by atoms with Gasteiger partial charge < -0.3 is 4.90 Å². The molecule has 0 bridgehead atoms. The minimum Gasteiger partial charge on any atom is -0.365 e. The van der Waals surface area contributed by atoms with E-state index < -0.39 is 0 Å². The highest BCUT2D eigenvalue weighted by Crippen LogP contribution is 2.41. The first-order valence-corrected chi connectivity index (χ1v) is 12.6. The van der Waals surface area contributed by atoms with Crippen molar-refractivity contribution in [3.05, 3.63) is 94.9 Å². The Morgan fingerprint density at radius 1 is 0.914 bits per heavy atom. The highest BCUT2D eigenvalue weighted by molar-refractivity contribution is 6.14. The van der Waals surface area contributed by atoms with Crippen LogP contribution >= 0.6 is 0 Å². The third-order valence-corrected chi connectivity index (χ3v) is 7.19. The summed E-state index contributed by atoms with van der Waals surface area (Å²) in [6.45, 7) is 10.6. The van der Waals surface area contributed by atoms with Crippen LogP contribution in [0.25, 0.3) is 27.6 Å². The molecule has 0 N–H and O–H groups in total. The van der Waals surface area contributed by atoms with Crippen molar-refractivity contribution in [2.75, 3.05) is 11.4 Å². The second-order valence-corrected chi connectivity index (χ2v) is 10.2. The summed E-state index contributed by atoms with van der Waals surface area (Å²) < 4.78 is 2.39. The van der Waals surface area contributed by atoms with Crippen LogP contribution in [0.3, 0.4) is 0 Å². The van der Waals surface area contributed by atoms with Gasteiger partial charge in [-0.2, -0.15) is 0 Å². The van der Waals surface area contributed by atoms with Crippen LogP contribution < -0.4 is 4.90 Å². The lowest BCUT2D eigenvalue weighted by Gasteiger charge is -2.26. The normalized spacial score (nSPS) is 13.6. The lowest BCUT2D eigenvalue weighted by atomic mass is 10.0. The van der Waals surface area contributed by atoms with Crippen LogP contribution in [0.2, 0.25) is 0 Å². The van der Waals surface area contributed by atoms with E-state index in [1.807, 2.05) is 12.3 Å². The van der Waals surface area contributed by atoms with Crippen molar-refractivity contribution in [3.8, 4) is 5.69 Å². The molecule has 4 nitrogen and oxygen atoms in total. The van der Waals surface area contributed by atoms with Crippen LogP contribution in [0.4, 0.5) is 5.69 Å². The first kappa shape index (κ1) is 21.8. The third kappa shape index (κ3) is 3.97. The van der Waals surface area contributed by atoms with Crippen LogP contribution in [0.5, 0.6) is 0 Å². The molecule has 6 rings (SSSR count). The molecule has 0 radical (unpaired) electrons. The molecule has 0 saturated heterocycles. The number of rotatable bonds is 6. The smallest absolute Gasteiger partial charge is 0.147 e. The summed E-state index contributed by atoms with van der Waals surface area (Å²) in [4.78, 5) is 12.4. The number of aryl methyl sites for hydroxylation is 4. The Labute approximate surface area is 207 Å². The number of pyridine rings is 2. The van der Waals surface area contributed by atoms with Crippen molar-refractivity contribution in [2.24, 2.45) is 5.92 Å². The van der Waals surface area contributed by atoms with E-state index in [-0.39, 0.29) is 0 Å². The number of aromatic nitrogens is 3. The second kappa shape index (κ2) is 8.53. The van der Waals surface area contributed by atoms with Gasteiger partial charge in [0, 0.05) is 23.8 Å². The van der Waals surface area contributed by atoms with Gasteiger partial charge in [-0.3, -0.25) is 9.55 Å². The van der Waals surface area contributed by atoms with E-state index >= 15 is 0 Å². The summed E-state index contributed by atoms with van der Waals surface area (Å²) in [5.74, 6) is 0.761. The Kier molecular flexibility index (Phi) is 5.32. The zero-order valence-electron chi connectivity index (χ0n) is 21.0. The van der Waals surface area contributed by atoms with Gasteiger partial charge in [-0.15, -0.1) is 0 Å². The highest BCUT2D eigenvalue weighted by atomic mass is 15.2. The van der Waals surface area contributed by atoms with E-state index in [4.69, 9.17) is 4.98 Å². The molecule has 0 atom stereocenters. The topological polar surface area (TPSA) is 34.0 Å². The van der Waals surface area contributed by atoms with Crippen molar-refractivity contribution in [1.29, 1.82) is 0 Å². The molecule has 1 aliphatic carbocycles. The number of hydrogen-bond acceptors (Lipinski definition) is 3. The number of benzene rings is 2. The van der Waals surface area contributed by atoms with E-state index in [1.54, 1.807) is 0 Å². The van der Waals surface area contributed by atoms with Gasteiger partial charge in [-0.05, 0) is 81.8 Å². The van der Waals surface area contributed by atoms with Crippen LogP contribution in [0.15, 0.2) is 66.9 Å². The Balaban J connectivity index is 1.64. The predicted octanol–water partition coefficient (Wildman–Crippen LogP) is 7.22. The number of para-hydroxylation sites is 1. The maximum absolute atomic E-state index is 5.16. The molecular formula is C31H32N4. The standard InChI is InChI=1S/C31H32N4/c1-20-15-21(2)30(22(3)16-20)35-27-11-6-5-10-26(27)29-28(17-23(4)33-31(29)35)34(18-24-12-13-24)19-25-9-7-8-14-32-25/h5-11,14-17,24H,12-13,18-19H2,1-4H3. The summed E-state index contributed by atoms with van der Waals surface area (Å²) in [5, 5.41) is 2.49. The van der Waals surface area contributed by atoms with Gasteiger partial charge in [0.2, 0.25) is 0 Å². The predicted molar refractivity (Wildman–Crippen MR) is 146 cm³/mol. The first-order chi connectivity index (χ1) is 17.0. The second-order valence-electron chi connectivity index (χ2n) is 10.2. The maximum atomic E-state index is 5.16. The fourth-order valence-corrected chi connectivity index (χ4v) is 5.60. The molecule has 3 aromatic heterocycles. The van der Waals surface area contributed by atoms with E-state index in [1.165, 1.54) is 57.2 Å². The number of anilines is 1. The largest absolute Gasteiger partial charge is 0.365 e. The summed E-state index contributed by atoms with van der Waals surface area (Å²) >= 11 is 0. The summed E-state index contributed by atoms with van der Waals surface area (Å²) in [6, 6.07) is 21.8.